The number of ether oxygens (including phenoxy) is 1. The highest BCUT2D eigenvalue weighted by Crippen LogP contribution is 2.42. The second kappa shape index (κ2) is 9.60. The van der Waals surface area contributed by atoms with Gasteiger partial charge in [0.05, 0.1) is 22.8 Å². The zero-order chi connectivity index (χ0) is 22.8. The molecule has 0 aromatic carbocycles. The van der Waals surface area contributed by atoms with Gasteiger partial charge in [0.1, 0.15) is 0 Å². The lowest BCUT2D eigenvalue weighted by molar-refractivity contribution is 0.0623. The highest BCUT2D eigenvalue weighted by Gasteiger charge is 2.34. The van der Waals surface area contributed by atoms with Gasteiger partial charge in [0.2, 0.25) is 0 Å². The van der Waals surface area contributed by atoms with Crippen LogP contribution in [0.15, 0.2) is 18.2 Å². The monoisotopic (exact) mass is 421 g/mol. The molecule has 0 unspecified atom stereocenters. The van der Waals surface area contributed by atoms with Gasteiger partial charge in [-0.05, 0) is 75.0 Å². The summed E-state index contributed by atoms with van der Waals surface area (Å²) in [7, 11) is 1.81. The molecule has 0 radical (unpaired) electrons. The predicted octanol–water partition coefficient (Wildman–Crippen LogP) is 6.70. The van der Waals surface area contributed by atoms with E-state index in [-0.39, 0.29) is 5.41 Å². The topological polar surface area (TPSA) is 47.9 Å². The molecule has 31 heavy (non-hydrogen) atoms. The number of nitrogens with zero attached hydrogens (tertiary/aromatic N) is 3. The molecule has 2 heterocycles. The van der Waals surface area contributed by atoms with Crippen molar-refractivity contribution >= 4 is 5.57 Å². The molecule has 2 aromatic rings. The van der Waals surface area contributed by atoms with E-state index in [1.165, 1.54) is 5.57 Å². The van der Waals surface area contributed by atoms with Crippen molar-refractivity contribution in [3.63, 3.8) is 0 Å². The molecule has 3 rings (SSSR count). The fourth-order valence-corrected chi connectivity index (χ4v) is 4.84. The number of fused-ring (bicyclic) bond motifs is 1. The van der Waals surface area contributed by atoms with Gasteiger partial charge in [-0.1, -0.05) is 40.2 Å². The molecule has 0 fully saturated rings. The smallest absolute Gasteiger partial charge is 0.0940 e. The maximum Gasteiger partial charge on any atom is 0.0940 e. The molecule has 4 nitrogen and oxygen atoms in total. The summed E-state index contributed by atoms with van der Waals surface area (Å²) in [5, 5.41) is 0. The molecule has 2 aromatic heterocycles. The van der Waals surface area contributed by atoms with Crippen molar-refractivity contribution in [2.75, 3.05) is 13.7 Å². The number of allylic oxidation sites excluding steroid dienone is 2. The minimum atomic E-state index is 0.213. The number of rotatable bonds is 6. The highest BCUT2D eigenvalue weighted by atomic mass is 16.5. The zero-order valence-electron chi connectivity index (χ0n) is 20.7. The molecule has 1 aliphatic carbocycles. The van der Waals surface area contributed by atoms with Crippen LogP contribution in [0.1, 0.15) is 88.3 Å². The third-order valence-corrected chi connectivity index (χ3v) is 7.12. The van der Waals surface area contributed by atoms with Crippen molar-refractivity contribution < 1.29 is 4.74 Å². The Bertz CT molecular complexity index is 963. The first kappa shape index (κ1) is 23.6. The summed E-state index contributed by atoms with van der Waals surface area (Å²) in [6, 6.07) is 4.29. The number of pyridine rings is 1. The Kier molecular flexibility index (Phi) is 7.31. The second-order valence-corrected chi connectivity index (χ2v) is 9.78. The third kappa shape index (κ3) is 4.90. The number of aromatic nitrogens is 3. The molecule has 0 N–H and O–H groups in total. The molecule has 1 aliphatic rings. The van der Waals surface area contributed by atoms with Crippen molar-refractivity contribution in [1.29, 1.82) is 0 Å². The summed E-state index contributed by atoms with van der Waals surface area (Å²) in [4.78, 5) is 15.1. The molecular weight excluding hydrogens is 382 g/mol. The van der Waals surface area contributed by atoms with Gasteiger partial charge in [0.15, 0.2) is 0 Å². The summed E-state index contributed by atoms with van der Waals surface area (Å²) in [5.41, 5.74) is 8.79. The first-order valence-electron chi connectivity index (χ1n) is 11.7. The first-order valence-corrected chi connectivity index (χ1v) is 11.7. The molecule has 0 saturated carbocycles. The van der Waals surface area contributed by atoms with E-state index in [1.807, 2.05) is 7.11 Å². The van der Waals surface area contributed by atoms with Crippen LogP contribution in [0.5, 0.6) is 0 Å². The molecule has 2 atom stereocenters. The Hall–Kier alpha value is -2.07. The van der Waals surface area contributed by atoms with Crippen molar-refractivity contribution in [3.05, 3.63) is 46.7 Å². The minimum Gasteiger partial charge on any atom is -0.384 e. The Morgan fingerprint density at radius 2 is 1.77 bits per heavy atom. The number of methoxy groups -OCH3 is 1. The van der Waals surface area contributed by atoms with Crippen LogP contribution in [0, 0.1) is 25.2 Å². The number of hydrogen-bond donors (Lipinski definition) is 0. The van der Waals surface area contributed by atoms with Gasteiger partial charge in [-0.15, -0.1) is 0 Å². The van der Waals surface area contributed by atoms with E-state index >= 15 is 0 Å². The van der Waals surface area contributed by atoms with E-state index < -0.39 is 0 Å². The van der Waals surface area contributed by atoms with Crippen LogP contribution in [-0.2, 0) is 11.2 Å². The Morgan fingerprint density at radius 3 is 2.39 bits per heavy atom. The Balaban J connectivity index is 2.01. The summed E-state index contributed by atoms with van der Waals surface area (Å²) >= 11 is 0. The molecular formula is C27H39N3O. The molecule has 4 heteroatoms. The van der Waals surface area contributed by atoms with Gasteiger partial charge < -0.3 is 4.74 Å². The number of hydrogen-bond acceptors (Lipinski definition) is 4. The van der Waals surface area contributed by atoms with E-state index in [9.17, 15) is 0 Å². The van der Waals surface area contributed by atoms with Crippen LogP contribution in [0.2, 0.25) is 0 Å². The maximum absolute atomic E-state index is 5.55. The fraction of sp³-hybridized carbons (Fsp3) is 0.593. The van der Waals surface area contributed by atoms with Gasteiger partial charge >= 0.3 is 0 Å². The van der Waals surface area contributed by atoms with Crippen molar-refractivity contribution in [1.82, 2.24) is 15.0 Å². The van der Waals surface area contributed by atoms with Gasteiger partial charge in [0.25, 0.3) is 0 Å². The van der Waals surface area contributed by atoms with E-state index in [2.05, 4.69) is 66.7 Å². The average Bonchev–Trinajstić information content (AvgIpc) is 2.73. The summed E-state index contributed by atoms with van der Waals surface area (Å²) in [5.74, 6) is 0.963. The maximum atomic E-state index is 5.55. The van der Waals surface area contributed by atoms with Crippen molar-refractivity contribution in [2.24, 2.45) is 11.3 Å². The lowest BCUT2D eigenvalue weighted by atomic mass is 9.69. The van der Waals surface area contributed by atoms with Crippen LogP contribution in [0.25, 0.3) is 16.8 Å². The predicted molar refractivity (Wildman–Crippen MR) is 129 cm³/mol. The van der Waals surface area contributed by atoms with Crippen LogP contribution >= 0.6 is 0 Å². The fourth-order valence-electron chi connectivity index (χ4n) is 4.84. The zero-order valence-corrected chi connectivity index (χ0v) is 20.7. The van der Waals surface area contributed by atoms with Crippen molar-refractivity contribution in [2.45, 2.75) is 80.1 Å². The first-order chi connectivity index (χ1) is 14.7. The quantitative estimate of drug-likeness (QED) is 0.521. The van der Waals surface area contributed by atoms with E-state index in [4.69, 9.17) is 19.7 Å². The van der Waals surface area contributed by atoms with Crippen LogP contribution in [0.3, 0.4) is 0 Å². The normalized spacial score (nSPS) is 21.8. The van der Waals surface area contributed by atoms with E-state index in [1.54, 1.807) is 0 Å². The SMILES string of the molecule is CC[C@H](COC)[C@@]1(C)C/C=C(/C)c2nc(-c3ccc(C(C)C)nc3C)c(C)nc2CC1. The van der Waals surface area contributed by atoms with Crippen LogP contribution in [0.4, 0.5) is 0 Å². The molecule has 168 valence electrons. The minimum absolute atomic E-state index is 0.213. The summed E-state index contributed by atoms with van der Waals surface area (Å²) in [6.45, 7) is 16.2. The summed E-state index contributed by atoms with van der Waals surface area (Å²) < 4.78 is 5.55. The van der Waals surface area contributed by atoms with Crippen LogP contribution < -0.4 is 0 Å². The molecule has 0 bridgehead atoms. The molecule has 0 amide bonds. The lowest BCUT2D eigenvalue weighted by Crippen LogP contribution is -2.31. The van der Waals surface area contributed by atoms with Gasteiger partial charge in [-0.2, -0.15) is 0 Å². The van der Waals surface area contributed by atoms with Gasteiger partial charge in [-0.25, -0.2) is 4.98 Å². The molecule has 0 aliphatic heterocycles. The lowest BCUT2D eigenvalue weighted by Gasteiger charge is -2.38. The average molecular weight is 422 g/mol. The standard InChI is InChI=1S/C27H39N3O/c1-9-21(16-31-8)27(7)14-12-18(4)25-24(13-15-27)29-20(6)26(30-25)22-10-11-23(17(2)3)28-19(22)5/h10-12,17,21H,9,13-16H2,1-8H3/b18-12-/t21-,27+/m1/s1. The highest BCUT2D eigenvalue weighted by molar-refractivity contribution is 5.69. The van der Waals surface area contributed by atoms with Crippen molar-refractivity contribution in [3.8, 4) is 11.3 Å². The van der Waals surface area contributed by atoms with Crippen LogP contribution in [-0.4, -0.2) is 28.7 Å². The Labute approximate surface area is 188 Å². The van der Waals surface area contributed by atoms with Gasteiger partial charge in [-0.3, -0.25) is 9.97 Å². The third-order valence-electron chi connectivity index (χ3n) is 7.12. The largest absolute Gasteiger partial charge is 0.384 e. The molecule has 0 saturated heterocycles. The summed E-state index contributed by atoms with van der Waals surface area (Å²) in [6.07, 6.45) is 6.61. The van der Waals surface area contributed by atoms with Gasteiger partial charge in [0, 0.05) is 30.7 Å². The van der Waals surface area contributed by atoms with E-state index in [0.29, 0.717) is 11.8 Å². The Morgan fingerprint density at radius 1 is 1.03 bits per heavy atom. The number of aryl methyl sites for hydroxylation is 3. The second-order valence-electron chi connectivity index (χ2n) is 9.78. The van der Waals surface area contributed by atoms with E-state index in [0.717, 1.165) is 72.0 Å². The molecule has 0 spiro atoms.